The predicted octanol–water partition coefficient (Wildman–Crippen LogP) is 2.48. The highest BCUT2D eigenvalue weighted by Crippen LogP contribution is 2.63. The molecule has 0 radical (unpaired) electrons. The number of ether oxygens (including phenoxy) is 3. The number of aliphatic hydroxyl groups excluding tert-OH is 4. The van der Waals surface area contributed by atoms with Crippen molar-refractivity contribution in [1.29, 1.82) is 0 Å². The molecule has 1 fully saturated rings. The number of rotatable bonds is 5. The van der Waals surface area contributed by atoms with Gasteiger partial charge in [0, 0.05) is 35.1 Å². The number of aliphatic hydroxyl groups is 4. The van der Waals surface area contributed by atoms with Crippen LogP contribution in [0.3, 0.4) is 0 Å². The quantitative estimate of drug-likeness (QED) is 0.155. The highest BCUT2D eigenvalue weighted by Gasteiger charge is 2.50. The molecule has 4 aromatic carbocycles. The molecule has 9 N–H and O–H groups in total. The van der Waals surface area contributed by atoms with Gasteiger partial charge in [-0.3, -0.25) is 0 Å². The zero-order valence-corrected chi connectivity index (χ0v) is 24.1. The number of benzene rings is 4. The maximum Gasteiger partial charge on any atom is 0.229 e. The Labute approximate surface area is 262 Å². The van der Waals surface area contributed by atoms with Crippen molar-refractivity contribution in [3.63, 3.8) is 0 Å². The van der Waals surface area contributed by atoms with Gasteiger partial charge in [0.15, 0.2) is 0 Å². The van der Waals surface area contributed by atoms with E-state index in [1.54, 1.807) is 36.4 Å². The lowest BCUT2D eigenvalue weighted by atomic mass is 9.79. The van der Waals surface area contributed by atoms with E-state index in [-0.39, 0.29) is 34.5 Å². The first-order valence-electron chi connectivity index (χ1n) is 14.7. The van der Waals surface area contributed by atoms with Gasteiger partial charge in [0.25, 0.3) is 0 Å². The first-order valence-corrected chi connectivity index (χ1v) is 14.7. The Kier molecular flexibility index (Phi) is 7.43. The van der Waals surface area contributed by atoms with E-state index < -0.39 is 61.4 Å². The van der Waals surface area contributed by atoms with Crippen molar-refractivity contribution in [2.45, 2.75) is 54.7 Å². The minimum Gasteiger partial charge on any atom is -0.508 e. The molecule has 7 rings (SSSR count). The van der Waals surface area contributed by atoms with Crippen LogP contribution >= 0.6 is 0 Å². The third-order valence-electron chi connectivity index (χ3n) is 9.07. The zero-order valence-electron chi connectivity index (χ0n) is 24.1. The monoisotopic (exact) mass is 632 g/mol. The van der Waals surface area contributed by atoms with Gasteiger partial charge in [0.1, 0.15) is 58.9 Å². The Morgan fingerprint density at radius 3 is 1.78 bits per heavy atom. The van der Waals surface area contributed by atoms with Gasteiger partial charge >= 0.3 is 0 Å². The molecule has 240 valence electrons. The molecule has 12 nitrogen and oxygen atoms in total. The number of aromatic hydroxyl groups is 5. The van der Waals surface area contributed by atoms with E-state index in [0.29, 0.717) is 33.4 Å². The van der Waals surface area contributed by atoms with Crippen molar-refractivity contribution in [2.24, 2.45) is 0 Å². The van der Waals surface area contributed by atoms with Crippen LogP contribution in [0.15, 0.2) is 72.8 Å². The summed E-state index contributed by atoms with van der Waals surface area (Å²) in [6.07, 6.45) is -8.88. The van der Waals surface area contributed by atoms with Crippen molar-refractivity contribution in [3.8, 4) is 34.5 Å². The fourth-order valence-electron chi connectivity index (χ4n) is 6.98. The third kappa shape index (κ3) is 4.87. The maximum absolute atomic E-state index is 11.3. The summed E-state index contributed by atoms with van der Waals surface area (Å²) < 4.78 is 18.0. The van der Waals surface area contributed by atoms with Crippen molar-refractivity contribution in [3.05, 3.63) is 106 Å². The number of hydrogen-bond acceptors (Lipinski definition) is 12. The van der Waals surface area contributed by atoms with Gasteiger partial charge in [-0.05, 0) is 58.7 Å². The molecule has 2 bridgehead atoms. The van der Waals surface area contributed by atoms with Gasteiger partial charge < -0.3 is 60.2 Å². The lowest BCUT2D eigenvalue weighted by Gasteiger charge is -2.39. The first kappa shape index (κ1) is 30.1. The zero-order chi connectivity index (χ0) is 32.4. The molecule has 3 aliphatic rings. The van der Waals surface area contributed by atoms with Crippen LogP contribution in [0, 0.1) is 0 Å². The number of hydrogen-bond donors (Lipinski definition) is 9. The van der Waals surface area contributed by atoms with E-state index in [4.69, 9.17) is 14.2 Å². The standard InChI is InChI=1S/C34H32O12/c35-13-24-29(41)30(42)31(43)34(45-24)44-19-7-3-15(4-8-19)32-28-20-9-17(37)11-22(39)26(20)25(14-1-5-16(36)6-2-14)33(46-32)21-10-18(38)12-23(40)27(21)28/h1-12,24-25,28-43H,13H2/t24-,25-,28+,29-,30+,31-,32-,33+,34-/m1/s1. The van der Waals surface area contributed by atoms with E-state index in [0.717, 1.165) is 0 Å². The van der Waals surface area contributed by atoms with Crippen molar-refractivity contribution in [1.82, 2.24) is 0 Å². The van der Waals surface area contributed by atoms with Gasteiger partial charge in [-0.2, -0.15) is 0 Å². The summed E-state index contributed by atoms with van der Waals surface area (Å²) in [5.41, 5.74) is 3.18. The Bertz CT molecular complexity index is 1760. The molecule has 2 heterocycles. The normalized spacial score (nSPS) is 29.9. The lowest BCUT2D eigenvalue weighted by molar-refractivity contribution is -0.277. The average Bonchev–Trinajstić information content (AvgIpc) is 3.24. The molecule has 0 aromatic heterocycles. The number of phenolic OH excluding ortho intramolecular Hbond substituents is 5. The summed E-state index contributed by atoms with van der Waals surface area (Å²) in [5, 5.41) is 93.8. The summed E-state index contributed by atoms with van der Waals surface area (Å²) >= 11 is 0. The van der Waals surface area contributed by atoms with Crippen molar-refractivity contribution in [2.75, 3.05) is 6.61 Å². The summed E-state index contributed by atoms with van der Waals surface area (Å²) in [5.74, 6) is -1.94. The molecule has 2 aliphatic heterocycles. The fraction of sp³-hybridized carbons (Fsp3) is 0.294. The minimum atomic E-state index is -1.60. The maximum atomic E-state index is 11.3. The van der Waals surface area contributed by atoms with Crippen LogP contribution < -0.4 is 4.74 Å². The Balaban J connectivity index is 1.32. The molecule has 0 unspecified atom stereocenters. The second kappa shape index (κ2) is 11.4. The van der Waals surface area contributed by atoms with E-state index >= 15 is 0 Å². The second-order valence-electron chi connectivity index (χ2n) is 11.8. The van der Waals surface area contributed by atoms with Crippen LogP contribution in [0.25, 0.3) is 0 Å². The molecule has 4 aromatic rings. The topological polar surface area (TPSA) is 210 Å². The molecule has 9 atom stereocenters. The predicted molar refractivity (Wildman–Crippen MR) is 159 cm³/mol. The van der Waals surface area contributed by atoms with Gasteiger partial charge in [0.05, 0.1) is 18.8 Å². The molecule has 0 amide bonds. The molecule has 0 saturated carbocycles. The summed E-state index contributed by atoms with van der Waals surface area (Å²) in [7, 11) is 0. The van der Waals surface area contributed by atoms with Crippen LogP contribution in [0.4, 0.5) is 0 Å². The van der Waals surface area contributed by atoms with E-state index in [2.05, 4.69) is 0 Å². The van der Waals surface area contributed by atoms with E-state index in [1.165, 1.54) is 36.4 Å². The molecule has 1 aliphatic carbocycles. The highest BCUT2D eigenvalue weighted by atomic mass is 16.7. The van der Waals surface area contributed by atoms with E-state index in [9.17, 15) is 46.0 Å². The highest BCUT2D eigenvalue weighted by molar-refractivity contribution is 5.64. The summed E-state index contributed by atoms with van der Waals surface area (Å²) in [4.78, 5) is 0. The summed E-state index contributed by atoms with van der Waals surface area (Å²) in [6, 6.07) is 18.4. The van der Waals surface area contributed by atoms with Crippen LogP contribution in [-0.4, -0.2) is 83.3 Å². The van der Waals surface area contributed by atoms with Gasteiger partial charge in [-0.1, -0.05) is 24.3 Å². The number of phenols is 5. The SMILES string of the molecule is OC[C@H]1O[C@@H](Oc2ccc([C@H]3O[C@H]4c5cc(O)cc(O)c5[C@@H]3c3cc(O)cc(O)c3[C@H]4c3ccc(O)cc3)cc2)[C@H](O)[C@@H](O)[C@@H]1O. The average molecular weight is 633 g/mol. The fourth-order valence-corrected chi connectivity index (χ4v) is 6.98. The molecular formula is C34H32O12. The van der Waals surface area contributed by atoms with Crippen molar-refractivity contribution >= 4 is 0 Å². The Hall–Kier alpha value is -4.56. The van der Waals surface area contributed by atoms with Gasteiger partial charge in [-0.15, -0.1) is 0 Å². The van der Waals surface area contributed by atoms with Gasteiger partial charge in [-0.25, -0.2) is 0 Å². The number of fused-ring (bicyclic) bond motifs is 2. The Morgan fingerprint density at radius 2 is 1.15 bits per heavy atom. The first-order chi connectivity index (χ1) is 22.0. The summed E-state index contributed by atoms with van der Waals surface area (Å²) in [6.45, 7) is -0.602. The van der Waals surface area contributed by atoms with Gasteiger partial charge in [0.2, 0.25) is 6.29 Å². The molecule has 0 spiro atoms. The largest absolute Gasteiger partial charge is 0.508 e. The second-order valence-corrected chi connectivity index (χ2v) is 11.8. The minimum absolute atomic E-state index is 0.0392. The lowest BCUT2D eigenvalue weighted by Crippen LogP contribution is -2.60. The van der Waals surface area contributed by atoms with Crippen LogP contribution in [0.1, 0.15) is 57.4 Å². The van der Waals surface area contributed by atoms with Crippen molar-refractivity contribution < 1.29 is 60.2 Å². The molecular weight excluding hydrogens is 600 g/mol. The smallest absolute Gasteiger partial charge is 0.229 e. The van der Waals surface area contributed by atoms with Crippen LogP contribution in [0.2, 0.25) is 0 Å². The van der Waals surface area contributed by atoms with Crippen LogP contribution in [-0.2, 0) is 9.47 Å². The molecule has 12 heteroatoms. The van der Waals surface area contributed by atoms with E-state index in [1.807, 2.05) is 0 Å². The molecule has 46 heavy (non-hydrogen) atoms. The van der Waals surface area contributed by atoms with Crippen LogP contribution in [0.5, 0.6) is 34.5 Å². The Morgan fingerprint density at radius 1 is 0.565 bits per heavy atom. The third-order valence-corrected chi connectivity index (χ3v) is 9.07. The molecule has 1 saturated heterocycles.